The summed E-state index contributed by atoms with van der Waals surface area (Å²) in [5.74, 6) is -0.207. The van der Waals surface area contributed by atoms with Gasteiger partial charge in [0, 0.05) is 12.1 Å². The molecular formula is C18H21N3O2. The van der Waals surface area contributed by atoms with Crippen molar-refractivity contribution in [3.8, 4) is 5.69 Å². The monoisotopic (exact) mass is 311 g/mol. The third-order valence-corrected chi connectivity index (χ3v) is 4.22. The van der Waals surface area contributed by atoms with Crippen LogP contribution in [-0.4, -0.2) is 21.7 Å². The average molecular weight is 311 g/mol. The lowest BCUT2D eigenvalue weighted by Gasteiger charge is -2.16. The van der Waals surface area contributed by atoms with Gasteiger partial charge >= 0.3 is 0 Å². The summed E-state index contributed by atoms with van der Waals surface area (Å²) < 4.78 is 1.27. The summed E-state index contributed by atoms with van der Waals surface area (Å²) in [5.41, 5.74) is 0.682. The Hall–Kier alpha value is -2.43. The minimum absolute atomic E-state index is 0.207. The molecule has 120 valence electrons. The predicted molar refractivity (Wildman–Crippen MR) is 88.8 cm³/mol. The zero-order valence-electron chi connectivity index (χ0n) is 13.1. The highest BCUT2D eigenvalue weighted by Gasteiger charge is 2.17. The molecule has 0 aliphatic heterocycles. The molecule has 1 aromatic heterocycles. The zero-order chi connectivity index (χ0) is 16.1. The fraction of sp³-hybridized carbons (Fsp3) is 0.389. The normalized spacial score (nSPS) is 15.8. The minimum Gasteiger partial charge on any atom is -0.348 e. The number of rotatable bonds is 3. The molecule has 1 heterocycles. The van der Waals surface area contributed by atoms with Crippen LogP contribution in [0.25, 0.3) is 5.69 Å². The van der Waals surface area contributed by atoms with Crippen LogP contribution >= 0.6 is 0 Å². The lowest BCUT2D eigenvalue weighted by Crippen LogP contribution is -2.36. The van der Waals surface area contributed by atoms with E-state index in [1.165, 1.54) is 29.7 Å². The Labute approximate surface area is 135 Å². The molecule has 0 unspecified atom stereocenters. The molecule has 0 saturated heterocycles. The second kappa shape index (κ2) is 7.22. The molecule has 1 aromatic carbocycles. The number of hydrogen-bond donors (Lipinski definition) is 1. The number of para-hydroxylation sites is 1. The number of carbonyl (C=O) groups excluding carboxylic acids is 1. The summed E-state index contributed by atoms with van der Waals surface area (Å²) in [6, 6.07) is 12.2. The maximum atomic E-state index is 12.4. The van der Waals surface area contributed by atoms with Gasteiger partial charge in [0.25, 0.3) is 11.5 Å². The van der Waals surface area contributed by atoms with Gasteiger partial charge in [0.05, 0.1) is 5.69 Å². The Kier molecular flexibility index (Phi) is 4.86. The first-order chi connectivity index (χ1) is 11.2. The second-order valence-corrected chi connectivity index (χ2v) is 5.97. The van der Waals surface area contributed by atoms with Crippen LogP contribution in [0.3, 0.4) is 0 Å². The number of nitrogens with zero attached hydrogens (tertiary/aromatic N) is 2. The maximum Gasteiger partial charge on any atom is 0.271 e. The van der Waals surface area contributed by atoms with Gasteiger partial charge in [0.1, 0.15) is 5.69 Å². The molecule has 1 saturated carbocycles. The van der Waals surface area contributed by atoms with Crippen LogP contribution in [0.2, 0.25) is 0 Å². The van der Waals surface area contributed by atoms with Crippen molar-refractivity contribution >= 4 is 5.91 Å². The summed E-state index contributed by atoms with van der Waals surface area (Å²) in [6.07, 6.45) is 6.82. The highest BCUT2D eigenvalue weighted by molar-refractivity contribution is 5.92. The van der Waals surface area contributed by atoms with Crippen molar-refractivity contribution in [2.45, 2.75) is 44.6 Å². The standard InChI is InChI=1S/C18H21N3O2/c22-17-13-12-16(20-21(17)15-10-6-3-7-11-15)18(23)19-14-8-4-1-2-5-9-14/h3,6-7,10-14H,1-2,4-5,8-9H2,(H,19,23). The molecule has 3 rings (SSSR count). The van der Waals surface area contributed by atoms with Crippen LogP contribution in [0, 0.1) is 0 Å². The topological polar surface area (TPSA) is 64.0 Å². The Morgan fingerprint density at radius 3 is 2.39 bits per heavy atom. The van der Waals surface area contributed by atoms with Crippen molar-refractivity contribution in [2.75, 3.05) is 0 Å². The van der Waals surface area contributed by atoms with Gasteiger partial charge in [-0.25, -0.2) is 0 Å². The van der Waals surface area contributed by atoms with Crippen molar-refractivity contribution < 1.29 is 4.79 Å². The van der Waals surface area contributed by atoms with E-state index >= 15 is 0 Å². The zero-order valence-corrected chi connectivity index (χ0v) is 13.1. The van der Waals surface area contributed by atoms with Crippen LogP contribution in [0.15, 0.2) is 47.3 Å². The Morgan fingerprint density at radius 1 is 1.00 bits per heavy atom. The SMILES string of the molecule is O=C(NC1CCCCCC1)c1ccc(=O)n(-c2ccccc2)n1. The van der Waals surface area contributed by atoms with E-state index < -0.39 is 0 Å². The number of aromatic nitrogens is 2. The van der Waals surface area contributed by atoms with Gasteiger partial charge in [-0.05, 0) is 31.0 Å². The van der Waals surface area contributed by atoms with Gasteiger partial charge in [-0.15, -0.1) is 0 Å². The van der Waals surface area contributed by atoms with Gasteiger partial charge in [-0.3, -0.25) is 9.59 Å². The molecule has 1 amide bonds. The largest absolute Gasteiger partial charge is 0.348 e. The summed E-state index contributed by atoms with van der Waals surface area (Å²) in [4.78, 5) is 24.4. The van der Waals surface area contributed by atoms with Crippen molar-refractivity contribution in [1.82, 2.24) is 15.1 Å². The number of amides is 1. The van der Waals surface area contributed by atoms with E-state index in [9.17, 15) is 9.59 Å². The van der Waals surface area contributed by atoms with Crippen LogP contribution in [0.1, 0.15) is 49.0 Å². The third-order valence-electron chi connectivity index (χ3n) is 4.22. The van der Waals surface area contributed by atoms with Gasteiger partial charge < -0.3 is 5.32 Å². The first-order valence-corrected chi connectivity index (χ1v) is 8.21. The molecule has 1 fully saturated rings. The molecule has 1 aliphatic carbocycles. The fourth-order valence-electron chi connectivity index (χ4n) is 2.97. The second-order valence-electron chi connectivity index (χ2n) is 5.97. The predicted octanol–water partition coefficient (Wildman–Crippen LogP) is 2.69. The molecule has 5 nitrogen and oxygen atoms in total. The van der Waals surface area contributed by atoms with Crippen molar-refractivity contribution in [1.29, 1.82) is 0 Å². The molecular weight excluding hydrogens is 290 g/mol. The Morgan fingerprint density at radius 2 is 1.70 bits per heavy atom. The highest BCUT2D eigenvalue weighted by Crippen LogP contribution is 2.17. The van der Waals surface area contributed by atoms with E-state index in [0.717, 1.165) is 25.7 Å². The van der Waals surface area contributed by atoms with Crippen LogP contribution in [-0.2, 0) is 0 Å². The first kappa shape index (κ1) is 15.5. The Bertz CT molecular complexity index is 717. The number of nitrogens with one attached hydrogen (secondary N) is 1. The van der Waals surface area contributed by atoms with E-state index in [-0.39, 0.29) is 23.2 Å². The number of hydrogen-bond acceptors (Lipinski definition) is 3. The summed E-state index contributed by atoms with van der Waals surface area (Å²) >= 11 is 0. The summed E-state index contributed by atoms with van der Waals surface area (Å²) in [6.45, 7) is 0. The molecule has 0 bridgehead atoms. The van der Waals surface area contributed by atoms with Crippen LogP contribution in [0.5, 0.6) is 0 Å². The van der Waals surface area contributed by atoms with Gasteiger partial charge in [0.15, 0.2) is 0 Å². The number of carbonyl (C=O) groups is 1. The van der Waals surface area contributed by atoms with Crippen molar-refractivity contribution in [3.05, 3.63) is 58.5 Å². The molecule has 1 aliphatic rings. The molecule has 5 heteroatoms. The highest BCUT2D eigenvalue weighted by atomic mass is 16.2. The summed E-state index contributed by atoms with van der Waals surface area (Å²) in [7, 11) is 0. The van der Waals surface area contributed by atoms with Crippen LogP contribution in [0.4, 0.5) is 0 Å². The quantitative estimate of drug-likeness (QED) is 0.886. The van der Waals surface area contributed by atoms with Gasteiger partial charge in [-0.2, -0.15) is 9.78 Å². The third kappa shape index (κ3) is 3.86. The van der Waals surface area contributed by atoms with E-state index in [4.69, 9.17) is 0 Å². The lowest BCUT2D eigenvalue weighted by molar-refractivity contribution is 0.0926. The van der Waals surface area contributed by atoms with Gasteiger partial charge in [0.2, 0.25) is 0 Å². The maximum absolute atomic E-state index is 12.4. The average Bonchev–Trinajstić information content (AvgIpc) is 2.84. The lowest BCUT2D eigenvalue weighted by atomic mass is 10.1. The molecule has 23 heavy (non-hydrogen) atoms. The van der Waals surface area contributed by atoms with E-state index in [1.54, 1.807) is 12.1 Å². The fourth-order valence-corrected chi connectivity index (χ4v) is 2.97. The smallest absolute Gasteiger partial charge is 0.271 e. The van der Waals surface area contributed by atoms with E-state index in [2.05, 4.69) is 10.4 Å². The van der Waals surface area contributed by atoms with Crippen LogP contribution < -0.4 is 10.9 Å². The molecule has 0 atom stereocenters. The van der Waals surface area contributed by atoms with E-state index in [1.807, 2.05) is 18.2 Å². The molecule has 0 spiro atoms. The molecule has 0 radical (unpaired) electrons. The van der Waals surface area contributed by atoms with E-state index in [0.29, 0.717) is 5.69 Å². The first-order valence-electron chi connectivity index (χ1n) is 8.21. The number of benzene rings is 1. The van der Waals surface area contributed by atoms with Gasteiger partial charge in [-0.1, -0.05) is 43.9 Å². The van der Waals surface area contributed by atoms with Crippen molar-refractivity contribution in [2.24, 2.45) is 0 Å². The summed E-state index contributed by atoms with van der Waals surface area (Å²) in [5, 5.41) is 7.28. The molecule has 1 N–H and O–H groups in total. The van der Waals surface area contributed by atoms with Crippen molar-refractivity contribution in [3.63, 3.8) is 0 Å². The Balaban J connectivity index is 1.80. The molecule has 2 aromatic rings. The minimum atomic E-state index is -0.248.